The Morgan fingerprint density at radius 3 is 2.74 bits per heavy atom. The van der Waals surface area contributed by atoms with Gasteiger partial charge in [0.2, 0.25) is 0 Å². The Morgan fingerprint density at radius 2 is 2.21 bits per heavy atom. The average Bonchev–Trinajstić information content (AvgIpc) is 2.41. The van der Waals surface area contributed by atoms with Crippen molar-refractivity contribution < 1.29 is 0 Å². The molecule has 1 aromatic rings. The summed E-state index contributed by atoms with van der Waals surface area (Å²) in [7, 11) is 4.18. The van der Waals surface area contributed by atoms with Crippen molar-refractivity contribution in [3.05, 3.63) is 24.0 Å². The first-order valence-electron chi connectivity index (χ1n) is 7.24. The molecule has 1 aliphatic heterocycles. The summed E-state index contributed by atoms with van der Waals surface area (Å²) in [6, 6.07) is 5.28. The topological polar surface area (TPSA) is 31.4 Å². The molecule has 1 aromatic heterocycles. The van der Waals surface area contributed by atoms with Gasteiger partial charge in [-0.2, -0.15) is 0 Å². The van der Waals surface area contributed by atoms with Crippen molar-refractivity contribution in [2.45, 2.75) is 32.4 Å². The zero-order valence-corrected chi connectivity index (χ0v) is 12.6. The Hall–Kier alpha value is -1.13. The lowest BCUT2D eigenvalue weighted by Gasteiger charge is -2.39. The minimum atomic E-state index is 0.360. The Bertz CT molecular complexity index is 386. The first-order valence-corrected chi connectivity index (χ1v) is 7.24. The van der Waals surface area contributed by atoms with E-state index < -0.39 is 0 Å². The Morgan fingerprint density at radius 1 is 1.42 bits per heavy atom. The van der Waals surface area contributed by atoms with E-state index in [0.717, 1.165) is 31.7 Å². The van der Waals surface area contributed by atoms with Gasteiger partial charge in [-0.05, 0) is 39.6 Å². The van der Waals surface area contributed by atoms with Gasteiger partial charge in [-0.25, -0.2) is 0 Å². The van der Waals surface area contributed by atoms with Crippen molar-refractivity contribution in [2.24, 2.45) is 0 Å². The summed E-state index contributed by atoms with van der Waals surface area (Å²) in [6.45, 7) is 7.79. The molecule has 106 valence electrons. The first kappa shape index (κ1) is 14.3. The molecule has 2 heterocycles. The van der Waals surface area contributed by atoms with E-state index in [1.54, 1.807) is 0 Å². The second-order valence-corrected chi connectivity index (χ2v) is 5.50. The Labute approximate surface area is 116 Å². The molecule has 0 spiro atoms. The van der Waals surface area contributed by atoms with E-state index in [-0.39, 0.29) is 0 Å². The van der Waals surface area contributed by atoms with Crippen LogP contribution in [0.15, 0.2) is 18.3 Å². The summed E-state index contributed by atoms with van der Waals surface area (Å²) in [5.41, 5.74) is 2.38. The van der Waals surface area contributed by atoms with E-state index in [4.69, 9.17) is 0 Å². The largest absolute Gasteiger partial charge is 0.365 e. The number of nitrogens with zero attached hydrogens (tertiary/aromatic N) is 3. The summed E-state index contributed by atoms with van der Waals surface area (Å²) in [4.78, 5) is 9.47. The van der Waals surface area contributed by atoms with Crippen LogP contribution in [-0.2, 0) is 0 Å². The highest BCUT2D eigenvalue weighted by Crippen LogP contribution is 2.21. The molecule has 0 aromatic carbocycles. The highest BCUT2D eigenvalue weighted by atomic mass is 15.3. The molecule has 19 heavy (non-hydrogen) atoms. The molecule has 0 saturated carbocycles. The molecule has 2 atom stereocenters. The molecule has 2 unspecified atom stereocenters. The van der Waals surface area contributed by atoms with Gasteiger partial charge in [-0.15, -0.1) is 0 Å². The average molecular weight is 262 g/mol. The summed E-state index contributed by atoms with van der Waals surface area (Å²) in [5, 5.41) is 3.30. The number of nitrogens with one attached hydrogen (secondary N) is 1. The second kappa shape index (κ2) is 6.35. The van der Waals surface area contributed by atoms with Gasteiger partial charge in [0.25, 0.3) is 0 Å². The van der Waals surface area contributed by atoms with Crippen molar-refractivity contribution in [3.63, 3.8) is 0 Å². The van der Waals surface area contributed by atoms with E-state index in [2.05, 4.69) is 53.1 Å². The summed E-state index contributed by atoms with van der Waals surface area (Å²) in [5.74, 6) is 0. The van der Waals surface area contributed by atoms with Crippen LogP contribution in [0.3, 0.4) is 0 Å². The quantitative estimate of drug-likeness (QED) is 0.898. The lowest BCUT2D eigenvalue weighted by molar-refractivity contribution is 0.275. The normalized spacial score (nSPS) is 22.5. The highest BCUT2D eigenvalue weighted by Gasteiger charge is 2.22. The van der Waals surface area contributed by atoms with Gasteiger partial charge >= 0.3 is 0 Å². The number of likely N-dealkylation sites (N-methyl/N-ethyl adjacent to an activating group) is 1. The number of rotatable bonds is 4. The van der Waals surface area contributed by atoms with Crippen LogP contribution in [0.25, 0.3) is 0 Å². The summed E-state index contributed by atoms with van der Waals surface area (Å²) in [6.07, 6.45) is 3.09. The van der Waals surface area contributed by atoms with Crippen LogP contribution in [0.4, 0.5) is 5.69 Å². The zero-order chi connectivity index (χ0) is 13.8. The summed E-state index contributed by atoms with van der Waals surface area (Å²) < 4.78 is 0. The van der Waals surface area contributed by atoms with E-state index in [0.29, 0.717) is 12.1 Å². The molecule has 1 aliphatic rings. The van der Waals surface area contributed by atoms with E-state index in [1.165, 1.54) is 5.69 Å². The summed E-state index contributed by atoms with van der Waals surface area (Å²) >= 11 is 0. The van der Waals surface area contributed by atoms with Gasteiger partial charge < -0.3 is 15.1 Å². The number of piperazine rings is 1. The molecular weight excluding hydrogens is 236 g/mol. The molecule has 1 saturated heterocycles. The number of anilines is 1. The smallest absolute Gasteiger partial charge is 0.0574 e. The maximum Gasteiger partial charge on any atom is 0.0574 e. The lowest BCUT2D eigenvalue weighted by Crippen LogP contribution is -2.50. The van der Waals surface area contributed by atoms with Crippen LogP contribution >= 0.6 is 0 Å². The minimum absolute atomic E-state index is 0.360. The maximum atomic E-state index is 4.63. The SMILES string of the molecule is CCC(NC)c1ccc(N2CCN(C)CC2C)cn1. The molecule has 4 heteroatoms. The van der Waals surface area contributed by atoms with Gasteiger partial charge in [-0.1, -0.05) is 6.92 Å². The molecule has 0 aliphatic carbocycles. The fourth-order valence-electron chi connectivity index (χ4n) is 2.86. The molecule has 0 radical (unpaired) electrons. The molecule has 0 amide bonds. The predicted octanol–water partition coefficient (Wildman–Crippen LogP) is 1.89. The maximum absolute atomic E-state index is 4.63. The Balaban J connectivity index is 2.09. The van der Waals surface area contributed by atoms with Crippen LogP contribution in [0.5, 0.6) is 0 Å². The third-order valence-corrected chi connectivity index (χ3v) is 4.05. The third-order valence-electron chi connectivity index (χ3n) is 4.05. The van der Waals surface area contributed by atoms with Crippen LogP contribution in [0.1, 0.15) is 32.0 Å². The van der Waals surface area contributed by atoms with Crippen LogP contribution in [-0.4, -0.2) is 49.7 Å². The fourth-order valence-corrected chi connectivity index (χ4v) is 2.86. The van der Waals surface area contributed by atoms with Gasteiger partial charge in [-0.3, -0.25) is 4.98 Å². The van der Waals surface area contributed by atoms with Gasteiger partial charge in [0, 0.05) is 31.7 Å². The van der Waals surface area contributed by atoms with Gasteiger partial charge in [0.15, 0.2) is 0 Å². The first-order chi connectivity index (χ1) is 9.15. The number of pyridine rings is 1. The predicted molar refractivity (Wildman–Crippen MR) is 80.6 cm³/mol. The van der Waals surface area contributed by atoms with Crippen LogP contribution < -0.4 is 10.2 Å². The molecule has 1 N–H and O–H groups in total. The third kappa shape index (κ3) is 3.25. The molecule has 1 fully saturated rings. The van der Waals surface area contributed by atoms with Crippen molar-refractivity contribution >= 4 is 5.69 Å². The van der Waals surface area contributed by atoms with Crippen molar-refractivity contribution in [1.29, 1.82) is 0 Å². The standard InChI is InChI=1S/C15H26N4/c1-5-14(16-3)15-7-6-13(10-17-15)19-9-8-18(4)11-12(19)2/h6-7,10,12,14,16H,5,8-9,11H2,1-4H3. The molecule has 4 nitrogen and oxygen atoms in total. The van der Waals surface area contributed by atoms with Crippen molar-refractivity contribution in [3.8, 4) is 0 Å². The van der Waals surface area contributed by atoms with Crippen molar-refractivity contribution in [2.75, 3.05) is 38.6 Å². The second-order valence-electron chi connectivity index (χ2n) is 5.50. The van der Waals surface area contributed by atoms with E-state index >= 15 is 0 Å². The Kier molecular flexibility index (Phi) is 4.77. The van der Waals surface area contributed by atoms with Gasteiger partial charge in [0.1, 0.15) is 0 Å². The van der Waals surface area contributed by atoms with E-state index in [1.807, 2.05) is 13.2 Å². The molecule has 2 rings (SSSR count). The van der Waals surface area contributed by atoms with Crippen molar-refractivity contribution in [1.82, 2.24) is 15.2 Å². The minimum Gasteiger partial charge on any atom is -0.365 e. The number of hydrogen-bond acceptors (Lipinski definition) is 4. The van der Waals surface area contributed by atoms with E-state index in [9.17, 15) is 0 Å². The van der Waals surface area contributed by atoms with Crippen LogP contribution in [0.2, 0.25) is 0 Å². The molecule has 0 bridgehead atoms. The number of aromatic nitrogens is 1. The highest BCUT2D eigenvalue weighted by molar-refractivity contribution is 5.46. The monoisotopic (exact) mass is 262 g/mol. The molecular formula is C15H26N4. The zero-order valence-electron chi connectivity index (χ0n) is 12.6. The number of hydrogen-bond donors (Lipinski definition) is 1. The van der Waals surface area contributed by atoms with Gasteiger partial charge in [0.05, 0.1) is 17.6 Å². The van der Waals surface area contributed by atoms with Crippen LogP contribution in [0, 0.1) is 0 Å². The fraction of sp³-hybridized carbons (Fsp3) is 0.667. The lowest BCUT2D eigenvalue weighted by atomic mass is 10.1.